The molecule has 1 heterocycles. The molecule has 2 atom stereocenters. The quantitative estimate of drug-likeness (QED) is 0.692. The van der Waals surface area contributed by atoms with E-state index >= 15 is 0 Å². The Kier molecular flexibility index (Phi) is 3.41. The van der Waals surface area contributed by atoms with Crippen molar-refractivity contribution in [2.75, 3.05) is 6.66 Å². The number of hydrogen-bond acceptors (Lipinski definition) is 3. The number of carbonyl (C=O) groups is 1. The molecule has 0 bridgehead atoms. The van der Waals surface area contributed by atoms with Crippen molar-refractivity contribution in [3.63, 3.8) is 0 Å². The lowest BCUT2D eigenvalue weighted by atomic mass is 10.1. The SMILES string of the molecule is CP(=O)(O)C(C=O)c1csc2ccc(Cl)cc12. The Hall–Kier alpha value is -0.670. The van der Waals surface area contributed by atoms with Gasteiger partial charge in [-0.15, -0.1) is 11.3 Å². The molecule has 0 radical (unpaired) electrons. The first-order chi connectivity index (χ1) is 7.93. The monoisotopic (exact) mass is 288 g/mol. The van der Waals surface area contributed by atoms with Crippen LogP contribution in [0.2, 0.25) is 5.02 Å². The molecule has 2 aromatic rings. The molecule has 17 heavy (non-hydrogen) atoms. The Morgan fingerprint density at radius 2 is 2.24 bits per heavy atom. The van der Waals surface area contributed by atoms with Gasteiger partial charge in [0.25, 0.3) is 0 Å². The van der Waals surface area contributed by atoms with Gasteiger partial charge in [-0.1, -0.05) is 11.6 Å². The van der Waals surface area contributed by atoms with Gasteiger partial charge in [-0.05, 0) is 34.5 Å². The minimum absolute atomic E-state index is 0.531. The van der Waals surface area contributed by atoms with Gasteiger partial charge in [-0.25, -0.2) is 0 Å². The highest BCUT2D eigenvalue weighted by atomic mass is 35.5. The first-order valence-corrected chi connectivity index (χ1v) is 8.28. The third-order valence-electron chi connectivity index (χ3n) is 2.53. The highest BCUT2D eigenvalue weighted by Crippen LogP contribution is 2.53. The highest BCUT2D eigenvalue weighted by Gasteiger charge is 2.29. The average Bonchev–Trinajstić information content (AvgIpc) is 2.60. The van der Waals surface area contributed by atoms with Gasteiger partial charge in [0.05, 0.1) is 0 Å². The molecule has 3 nitrogen and oxygen atoms in total. The molecule has 0 aliphatic carbocycles. The molecular formula is C11H10ClO3PS. The fraction of sp³-hybridized carbons (Fsp3) is 0.182. The number of rotatable bonds is 3. The van der Waals surface area contributed by atoms with E-state index in [0.717, 1.165) is 10.1 Å². The predicted molar refractivity (Wildman–Crippen MR) is 71.4 cm³/mol. The molecule has 0 amide bonds. The summed E-state index contributed by atoms with van der Waals surface area (Å²) in [6.07, 6.45) is 0.531. The van der Waals surface area contributed by atoms with Gasteiger partial charge in [0.1, 0.15) is 11.9 Å². The number of thiophene rings is 1. The Balaban J connectivity index is 2.66. The normalized spacial score (nSPS) is 16.6. The van der Waals surface area contributed by atoms with Crippen LogP contribution in [0, 0.1) is 0 Å². The molecule has 0 aliphatic rings. The Labute approximate surface area is 107 Å². The van der Waals surface area contributed by atoms with E-state index in [0.29, 0.717) is 16.9 Å². The van der Waals surface area contributed by atoms with Crippen LogP contribution in [0.15, 0.2) is 23.6 Å². The van der Waals surface area contributed by atoms with Crippen molar-refractivity contribution in [2.45, 2.75) is 5.66 Å². The molecule has 0 saturated heterocycles. The Morgan fingerprint density at radius 1 is 1.53 bits per heavy atom. The zero-order chi connectivity index (χ0) is 12.6. The summed E-state index contributed by atoms with van der Waals surface area (Å²) in [5.74, 6) is 0. The summed E-state index contributed by atoms with van der Waals surface area (Å²) >= 11 is 7.33. The van der Waals surface area contributed by atoms with Crippen LogP contribution in [0.5, 0.6) is 0 Å². The molecule has 0 saturated carbocycles. The van der Waals surface area contributed by atoms with Crippen LogP contribution >= 0.6 is 30.3 Å². The molecule has 2 rings (SSSR count). The second-order valence-electron chi connectivity index (χ2n) is 3.86. The van der Waals surface area contributed by atoms with E-state index in [9.17, 15) is 14.3 Å². The third kappa shape index (κ3) is 2.45. The van der Waals surface area contributed by atoms with E-state index in [4.69, 9.17) is 11.6 Å². The molecule has 2 unspecified atom stereocenters. The summed E-state index contributed by atoms with van der Waals surface area (Å²) in [4.78, 5) is 20.6. The molecule has 1 aromatic carbocycles. The van der Waals surface area contributed by atoms with Crippen LogP contribution in [0.25, 0.3) is 10.1 Å². The van der Waals surface area contributed by atoms with E-state index in [1.807, 2.05) is 6.07 Å². The van der Waals surface area contributed by atoms with E-state index in [1.165, 1.54) is 18.0 Å². The summed E-state index contributed by atoms with van der Waals surface area (Å²) < 4.78 is 12.6. The standard InChI is InChI=1S/C11H10ClO3PS/c1-16(14,15)10(5-13)9-6-17-11-3-2-7(12)4-8(9)11/h2-6,10H,1H3,(H,14,15). The molecular weight excluding hydrogens is 279 g/mol. The highest BCUT2D eigenvalue weighted by molar-refractivity contribution is 7.58. The molecule has 0 spiro atoms. The van der Waals surface area contributed by atoms with Crippen LogP contribution in [-0.2, 0) is 9.36 Å². The second-order valence-corrected chi connectivity index (χ2v) is 7.65. The van der Waals surface area contributed by atoms with Crippen LogP contribution in [0.3, 0.4) is 0 Å². The van der Waals surface area contributed by atoms with E-state index in [-0.39, 0.29) is 0 Å². The summed E-state index contributed by atoms with van der Waals surface area (Å²) in [6, 6.07) is 5.31. The second kappa shape index (κ2) is 4.54. The molecule has 1 N–H and O–H groups in total. The van der Waals surface area contributed by atoms with Gasteiger partial charge in [-0.2, -0.15) is 0 Å². The fourth-order valence-corrected chi connectivity index (χ4v) is 3.90. The van der Waals surface area contributed by atoms with Crippen LogP contribution < -0.4 is 0 Å². The smallest absolute Gasteiger partial charge is 0.211 e. The average molecular weight is 289 g/mol. The summed E-state index contributed by atoms with van der Waals surface area (Å²) in [5, 5.41) is 3.06. The Morgan fingerprint density at radius 3 is 2.82 bits per heavy atom. The van der Waals surface area contributed by atoms with Crippen LogP contribution in [0.4, 0.5) is 0 Å². The first-order valence-electron chi connectivity index (χ1n) is 4.85. The van der Waals surface area contributed by atoms with Crippen LogP contribution in [0.1, 0.15) is 11.2 Å². The first kappa shape index (κ1) is 12.8. The summed E-state index contributed by atoms with van der Waals surface area (Å²) in [6.45, 7) is 1.19. The summed E-state index contributed by atoms with van der Waals surface area (Å²) in [5.41, 5.74) is -0.398. The maximum atomic E-state index is 11.7. The molecule has 1 aromatic heterocycles. The summed E-state index contributed by atoms with van der Waals surface area (Å²) in [7, 11) is -3.49. The molecule has 0 fully saturated rings. The van der Waals surface area contributed by atoms with Gasteiger partial charge in [0.15, 0.2) is 0 Å². The van der Waals surface area contributed by atoms with Gasteiger partial charge < -0.3 is 9.69 Å². The lowest BCUT2D eigenvalue weighted by Crippen LogP contribution is -1.99. The lowest BCUT2D eigenvalue weighted by molar-refractivity contribution is -0.107. The largest absolute Gasteiger partial charge is 0.344 e. The molecule has 90 valence electrons. The lowest BCUT2D eigenvalue weighted by Gasteiger charge is -2.13. The van der Waals surface area contributed by atoms with Crippen molar-refractivity contribution < 1.29 is 14.3 Å². The maximum absolute atomic E-state index is 11.7. The van der Waals surface area contributed by atoms with E-state index in [2.05, 4.69) is 0 Å². The molecule has 0 aliphatic heterocycles. The van der Waals surface area contributed by atoms with Crippen molar-refractivity contribution in [2.24, 2.45) is 0 Å². The number of aldehydes is 1. The van der Waals surface area contributed by atoms with Crippen molar-refractivity contribution in [3.05, 3.63) is 34.2 Å². The van der Waals surface area contributed by atoms with Crippen molar-refractivity contribution in [3.8, 4) is 0 Å². The van der Waals surface area contributed by atoms with Gasteiger partial charge >= 0.3 is 0 Å². The van der Waals surface area contributed by atoms with Crippen molar-refractivity contribution in [1.29, 1.82) is 0 Å². The fourth-order valence-electron chi connectivity index (χ4n) is 1.69. The van der Waals surface area contributed by atoms with E-state index < -0.39 is 13.0 Å². The minimum atomic E-state index is -3.49. The van der Waals surface area contributed by atoms with Gasteiger partial charge in [0.2, 0.25) is 7.37 Å². The number of benzene rings is 1. The number of hydrogen-bond donors (Lipinski definition) is 1. The maximum Gasteiger partial charge on any atom is 0.211 e. The Bertz CT molecular complexity index is 616. The number of halogens is 1. The molecule has 6 heteroatoms. The number of fused-ring (bicyclic) bond motifs is 1. The van der Waals surface area contributed by atoms with Gasteiger partial charge in [-0.3, -0.25) is 4.57 Å². The zero-order valence-corrected chi connectivity index (χ0v) is 11.4. The predicted octanol–water partition coefficient (Wildman–Crippen LogP) is 3.69. The van der Waals surface area contributed by atoms with Gasteiger partial charge in [0, 0.05) is 16.4 Å². The number of carbonyl (C=O) groups excluding carboxylic acids is 1. The zero-order valence-electron chi connectivity index (χ0n) is 8.96. The van der Waals surface area contributed by atoms with Crippen molar-refractivity contribution >= 4 is 46.7 Å². The van der Waals surface area contributed by atoms with Crippen LogP contribution in [-0.4, -0.2) is 17.8 Å². The van der Waals surface area contributed by atoms with E-state index in [1.54, 1.807) is 17.5 Å². The minimum Gasteiger partial charge on any atom is -0.344 e. The van der Waals surface area contributed by atoms with Crippen molar-refractivity contribution in [1.82, 2.24) is 0 Å². The topological polar surface area (TPSA) is 54.4 Å². The third-order valence-corrected chi connectivity index (χ3v) is 5.18.